The van der Waals surface area contributed by atoms with Crippen LogP contribution in [0.5, 0.6) is 0 Å². The van der Waals surface area contributed by atoms with Crippen molar-refractivity contribution in [1.29, 1.82) is 0 Å². The maximum absolute atomic E-state index is 12.5. The second-order valence-corrected chi connectivity index (χ2v) is 7.77. The number of halogens is 1. The number of fused-ring (bicyclic) bond motifs is 1. The lowest BCUT2D eigenvalue weighted by atomic mass is 10.2. The lowest BCUT2D eigenvalue weighted by molar-refractivity contribution is -0.128. The molecule has 3 rings (SSSR count). The summed E-state index contributed by atoms with van der Waals surface area (Å²) in [5.41, 5.74) is 0. The number of benzene rings is 1. The van der Waals surface area contributed by atoms with Gasteiger partial charge in [-0.1, -0.05) is 35.9 Å². The second-order valence-electron chi connectivity index (χ2n) is 6.30. The molecule has 0 saturated carbocycles. The van der Waals surface area contributed by atoms with E-state index in [9.17, 15) is 9.59 Å². The third kappa shape index (κ3) is 4.97. The van der Waals surface area contributed by atoms with Gasteiger partial charge in [-0.25, -0.2) is 0 Å². The van der Waals surface area contributed by atoms with E-state index in [1.807, 2.05) is 24.3 Å². The summed E-state index contributed by atoms with van der Waals surface area (Å²) in [5.74, 6) is -0.0479. The standard InChI is InChI=1S/C20H22ClN3O2S/c1-2-9-22-18(25)14-23-10-12-24(13-11-23)19(26)8-7-17-20(21)15-5-3-4-6-16(15)27-17/h2-8H,1,9-14H2,(H,22,25)/b8-7+. The summed E-state index contributed by atoms with van der Waals surface area (Å²) in [5, 5.41) is 4.47. The molecule has 1 aromatic heterocycles. The van der Waals surface area contributed by atoms with Gasteiger partial charge in [0.05, 0.1) is 11.6 Å². The van der Waals surface area contributed by atoms with Gasteiger partial charge >= 0.3 is 0 Å². The van der Waals surface area contributed by atoms with Crippen molar-refractivity contribution < 1.29 is 9.59 Å². The lowest BCUT2D eigenvalue weighted by Gasteiger charge is -2.33. The number of piperazine rings is 1. The van der Waals surface area contributed by atoms with Crippen LogP contribution in [0, 0.1) is 0 Å². The van der Waals surface area contributed by atoms with Gasteiger partial charge in [-0.15, -0.1) is 17.9 Å². The van der Waals surface area contributed by atoms with Crippen LogP contribution in [0.3, 0.4) is 0 Å². The molecule has 1 aromatic carbocycles. The Hall–Kier alpha value is -2.15. The molecule has 0 bridgehead atoms. The third-order valence-corrected chi connectivity index (χ3v) is 6.09. The fraction of sp³-hybridized carbons (Fsp3) is 0.300. The van der Waals surface area contributed by atoms with Gasteiger partial charge in [0.15, 0.2) is 0 Å². The van der Waals surface area contributed by atoms with Gasteiger partial charge in [0.1, 0.15) is 0 Å². The molecule has 0 unspecified atom stereocenters. The molecular formula is C20H22ClN3O2S. The number of hydrogen-bond acceptors (Lipinski definition) is 4. The van der Waals surface area contributed by atoms with E-state index in [1.54, 1.807) is 34.5 Å². The van der Waals surface area contributed by atoms with Crippen LogP contribution in [0.15, 0.2) is 43.0 Å². The van der Waals surface area contributed by atoms with Crippen LogP contribution in [-0.2, 0) is 9.59 Å². The molecule has 5 nitrogen and oxygen atoms in total. The zero-order valence-electron chi connectivity index (χ0n) is 15.0. The molecule has 1 saturated heterocycles. The first kappa shape index (κ1) is 19.6. The molecule has 27 heavy (non-hydrogen) atoms. The molecule has 1 aliphatic heterocycles. The predicted molar refractivity (Wildman–Crippen MR) is 112 cm³/mol. The van der Waals surface area contributed by atoms with Crippen LogP contribution < -0.4 is 5.32 Å². The van der Waals surface area contributed by atoms with E-state index < -0.39 is 0 Å². The number of hydrogen-bond donors (Lipinski definition) is 1. The molecule has 1 N–H and O–H groups in total. The largest absolute Gasteiger partial charge is 0.352 e. The van der Waals surface area contributed by atoms with E-state index in [0.717, 1.165) is 15.0 Å². The van der Waals surface area contributed by atoms with Crippen LogP contribution in [0.1, 0.15) is 4.88 Å². The van der Waals surface area contributed by atoms with Gasteiger partial charge in [0, 0.05) is 53.8 Å². The van der Waals surface area contributed by atoms with Crippen molar-refractivity contribution in [2.24, 2.45) is 0 Å². The Balaban J connectivity index is 1.53. The molecule has 0 aliphatic carbocycles. The monoisotopic (exact) mass is 403 g/mol. The van der Waals surface area contributed by atoms with Crippen molar-refractivity contribution >= 4 is 50.9 Å². The minimum Gasteiger partial charge on any atom is -0.352 e. The first-order valence-electron chi connectivity index (χ1n) is 8.82. The highest BCUT2D eigenvalue weighted by molar-refractivity contribution is 7.20. The van der Waals surface area contributed by atoms with Crippen molar-refractivity contribution in [2.75, 3.05) is 39.3 Å². The van der Waals surface area contributed by atoms with Gasteiger partial charge in [-0.05, 0) is 12.1 Å². The molecule has 2 amide bonds. The Morgan fingerprint density at radius 3 is 2.67 bits per heavy atom. The number of rotatable bonds is 6. The molecule has 0 radical (unpaired) electrons. The summed E-state index contributed by atoms with van der Waals surface area (Å²) in [4.78, 5) is 29.0. The van der Waals surface area contributed by atoms with Crippen molar-refractivity contribution in [1.82, 2.24) is 15.1 Å². The number of nitrogens with one attached hydrogen (secondary N) is 1. The van der Waals surface area contributed by atoms with Gasteiger partial charge in [-0.3, -0.25) is 14.5 Å². The van der Waals surface area contributed by atoms with Crippen LogP contribution in [0.25, 0.3) is 16.2 Å². The Morgan fingerprint density at radius 1 is 1.22 bits per heavy atom. The number of nitrogens with zero attached hydrogens (tertiary/aromatic N) is 2. The van der Waals surface area contributed by atoms with Gasteiger partial charge < -0.3 is 10.2 Å². The number of carbonyl (C=O) groups is 2. The number of carbonyl (C=O) groups excluding carboxylic acids is 2. The summed E-state index contributed by atoms with van der Waals surface area (Å²) in [6.45, 7) is 6.99. The summed E-state index contributed by atoms with van der Waals surface area (Å²) in [7, 11) is 0. The molecule has 142 valence electrons. The Morgan fingerprint density at radius 2 is 1.96 bits per heavy atom. The maximum Gasteiger partial charge on any atom is 0.246 e. The molecular weight excluding hydrogens is 382 g/mol. The van der Waals surface area contributed by atoms with Gasteiger partial charge in [-0.2, -0.15) is 0 Å². The molecule has 7 heteroatoms. The number of amides is 2. The third-order valence-electron chi connectivity index (χ3n) is 4.43. The van der Waals surface area contributed by atoms with Crippen molar-refractivity contribution in [3.8, 4) is 0 Å². The van der Waals surface area contributed by atoms with E-state index >= 15 is 0 Å². The van der Waals surface area contributed by atoms with E-state index in [-0.39, 0.29) is 11.8 Å². The molecule has 0 atom stereocenters. The summed E-state index contributed by atoms with van der Waals surface area (Å²) in [6, 6.07) is 7.94. The second kappa shape index (κ2) is 9.17. The summed E-state index contributed by atoms with van der Waals surface area (Å²) >= 11 is 7.99. The normalized spacial score (nSPS) is 15.4. The van der Waals surface area contributed by atoms with Crippen molar-refractivity contribution in [3.05, 3.63) is 52.9 Å². The fourth-order valence-electron chi connectivity index (χ4n) is 2.96. The quantitative estimate of drug-likeness (QED) is 0.595. The highest BCUT2D eigenvalue weighted by atomic mass is 35.5. The Labute approximate surface area is 167 Å². The molecule has 1 fully saturated rings. The van der Waals surface area contributed by atoms with Crippen molar-refractivity contribution in [3.63, 3.8) is 0 Å². The highest BCUT2D eigenvalue weighted by Crippen LogP contribution is 2.35. The van der Waals surface area contributed by atoms with Crippen LogP contribution in [0.2, 0.25) is 5.02 Å². The maximum atomic E-state index is 12.5. The van der Waals surface area contributed by atoms with Crippen LogP contribution in [-0.4, -0.2) is 60.9 Å². The van der Waals surface area contributed by atoms with Gasteiger partial charge in [0.25, 0.3) is 0 Å². The topological polar surface area (TPSA) is 52.7 Å². The zero-order valence-corrected chi connectivity index (χ0v) is 16.6. The average molecular weight is 404 g/mol. The highest BCUT2D eigenvalue weighted by Gasteiger charge is 2.21. The average Bonchev–Trinajstić information content (AvgIpc) is 3.01. The summed E-state index contributed by atoms with van der Waals surface area (Å²) in [6.07, 6.45) is 5.04. The summed E-state index contributed by atoms with van der Waals surface area (Å²) < 4.78 is 1.11. The number of thiophene rings is 1. The smallest absolute Gasteiger partial charge is 0.246 e. The van der Waals surface area contributed by atoms with E-state index in [2.05, 4.69) is 16.8 Å². The zero-order chi connectivity index (χ0) is 19.2. The van der Waals surface area contributed by atoms with Gasteiger partial charge in [0.2, 0.25) is 11.8 Å². The van der Waals surface area contributed by atoms with E-state index in [4.69, 9.17) is 11.6 Å². The minimum atomic E-state index is -0.0284. The fourth-order valence-corrected chi connectivity index (χ4v) is 4.36. The van der Waals surface area contributed by atoms with E-state index in [1.165, 1.54) is 0 Å². The molecule has 0 spiro atoms. The molecule has 2 heterocycles. The first-order valence-corrected chi connectivity index (χ1v) is 10.0. The minimum absolute atomic E-state index is 0.0195. The predicted octanol–water partition coefficient (Wildman–Crippen LogP) is 3.01. The molecule has 2 aromatic rings. The van der Waals surface area contributed by atoms with Crippen molar-refractivity contribution in [2.45, 2.75) is 0 Å². The lowest BCUT2D eigenvalue weighted by Crippen LogP contribution is -2.50. The SMILES string of the molecule is C=CCNC(=O)CN1CCN(C(=O)/C=C/c2sc3ccccc3c2Cl)CC1. The van der Waals surface area contributed by atoms with E-state index in [0.29, 0.717) is 44.3 Å². The first-order chi connectivity index (χ1) is 13.1. The Bertz CT molecular complexity index is 869. The van der Waals surface area contributed by atoms with Crippen LogP contribution >= 0.6 is 22.9 Å². The Kier molecular flexibility index (Phi) is 6.66. The van der Waals surface area contributed by atoms with Crippen LogP contribution in [0.4, 0.5) is 0 Å². The molecule has 1 aliphatic rings.